The summed E-state index contributed by atoms with van der Waals surface area (Å²) in [6.45, 7) is 2.47. The summed E-state index contributed by atoms with van der Waals surface area (Å²) in [5.74, 6) is 0.252. The van der Waals surface area contributed by atoms with E-state index in [1.54, 1.807) is 23.1 Å². The van der Waals surface area contributed by atoms with Gasteiger partial charge in [-0.05, 0) is 31.2 Å². The topological polar surface area (TPSA) is 58.6 Å². The van der Waals surface area contributed by atoms with Crippen LogP contribution in [0, 0.1) is 0 Å². The first kappa shape index (κ1) is 16.9. The van der Waals surface area contributed by atoms with Gasteiger partial charge in [0.05, 0.1) is 10.7 Å². The number of hydrogen-bond donors (Lipinski definition) is 1. The van der Waals surface area contributed by atoms with Crippen molar-refractivity contribution in [3.8, 4) is 5.75 Å². The molecule has 3 aromatic rings. The van der Waals surface area contributed by atoms with Crippen LogP contribution in [0.3, 0.4) is 0 Å². The Labute approximate surface area is 159 Å². The average molecular weight is 387 g/mol. The van der Waals surface area contributed by atoms with Crippen molar-refractivity contribution in [2.24, 2.45) is 0 Å². The SMILES string of the molecule is CCN1C(=O)COc2ccc(NC(=O)c3sc4ccccc4c3Cl)cc21. The van der Waals surface area contributed by atoms with Crippen molar-refractivity contribution in [2.45, 2.75) is 6.92 Å². The average Bonchev–Trinajstić information content (AvgIpc) is 2.99. The predicted molar refractivity (Wildman–Crippen MR) is 105 cm³/mol. The van der Waals surface area contributed by atoms with Gasteiger partial charge in [-0.15, -0.1) is 11.3 Å². The molecule has 0 atom stereocenters. The van der Waals surface area contributed by atoms with Gasteiger partial charge in [0, 0.05) is 22.3 Å². The second-order valence-electron chi connectivity index (χ2n) is 5.80. The van der Waals surface area contributed by atoms with Gasteiger partial charge in [0.1, 0.15) is 10.6 Å². The van der Waals surface area contributed by atoms with Crippen LogP contribution in [0.5, 0.6) is 5.75 Å². The molecule has 4 rings (SSSR count). The largest absolute Gasteiger partial charge is 0.482 e. The van der Waals surface area contributed by atoms with Crippen LogP contribution in [0.1, 0.15) is 16.6 Å². The molecule has 132 valence electrons. The van der Waals surface area contributed by atoms with Crippen LogP contribution in [0.25, 0.3) is 10.1 Å². The standard InChI is InChI=1S/C19H15ClN2O3S/c1-2-22-13-9-11(7-8-14(13)25-10-16(22)23)21-19(24)18-17(20)12-5-3-4-6-15(12)26-18/h3-9H,2,10H2,1H3,(H,21,24). The number of rotatable bonds is 3. The molecule has 26 heavy (non-hydrogen) atoms. The molecule has 1 aliphatic heterocycles. The summed E-state index contributed by atoms with van der Waals surface area (Å²) in [6, 6.07) is 12.9. The van der Waals surface area contributed by atoms with Crippen LogP contribution in [0.15, 0.2) is 42.5 Å². The Balaban J connectivity index is 1.65. The number of halogens is 1. The maximum absolute atomic E-state index is 12.7. The van der Waals surface area contributed by atoms with Crippen LogP contribution < -0.4 is 15.0 Å². The lowest BCUT2D eigenvalue weighted by Gasteiger charge is -2.28. The quantitative estimate of drug-likeness (QED) is 0.718. The third kappa shape index (κ3) is 2.81. The minimum Gasteiger partial charge on any atom is -0.482 e. The number of nitrogens with zero attached hydrogens (tertiary/aromatic N) is 1. The zero-order valence-corrected chi connectivity index (χ0v) is 15.5. The molecule has 1 aromatic heterocycles. The normalized spacial score (nSPS) is 13.5. The van der Waals surface area contributed by atoms with Crippen LogP contribution in [0.2, 0.25) is 5.02 Å². The van der Waals surface area contributed by atoms with Gasteiger partial charge in [0.25, 0.3) is 11.8 Å². The molecule has 2 amide bonds. The molecule has 0 aliphatic carbocycles. The maximum atomic E-state index is 12.7. The first-order valence-corrected chi connectivity index (χ1v) is 9.33. The highest BCUT2D eigenvalue weighted by Crippen LogP contribution is 2.37. The third-order valence-corrected chi connectivity index (χ3v) is 5.89. The van der Waals surface area contributed by atoms with Crippen LogP contribution in [-0.2, 0) is 4.79 Å². The van der Waals surface area contributed by atoms with Gasteiger partial charge in [0.15, 0.2) is 6.61 Å². The van der Waals surface area contributed by atoms with E-state index in [1.165, 1.54) is 11.3 Å². The van der Waals surface area contributed by atoms with Crippen molar-refractivity contribution >= 4 is 56.2 Å². The summed E-state index contributed by atoms with van der Waals surface area (Å²) in [6.07, 6.45) is 0. The van der Waals surface area contributed by atoms with E-state index in [2.05, 4.69) is 5.32 Å². The molecule has 0 saturated carbocycles. The Morgan fingerprint density at radius 2 is 2.12 bits per heavy atom. The number of anilines is 2. The summed E-state index contributed by atoms with van der Waals surface area (Å²) < 4.78 is 6.41. The summed E-state index contributed by atoms with van der Waals surface area (Å²) >= 11 is 7.73. The first-order chi connectivity index (χ1) is 12.6. The number of carbonyl (C=O) groups is 2. The Bertz CT molecular complexity index is 1030. The molecule has 0 fully saturated rings. The highest BCUT2D eigenvalue weighted by Gasteiger charge is 2.25. The van der Waals surface area contributed by atoms with Crippen molar-refractivity contribution < 1.29 is 14.3 Å². The smallest absolute Gasteiger partial charge is 0.267 e. The van der Waals surface area contributed by atoms with Crippen molar-refractivity contribution in [3.63, 3.8) is 0 Å². The van der Waals surface area contributed by atoms with Gasteiger partial charge in [0.2, 0.25) is 0 Å². The zero-order chi connectivity index (χ0) is 18.3. The number of nitrogens with one attached hydrogen (secondary N) is 1. The minimum atomic E-state index is -0.276. The first-order valence-electron chi connectivity index (χ1n) is 8.14. The molecule has 0 saturated heterocycles. The fourth-order valence-corrected chi connectivity index (χ4v) is 4.39. The zero-order valence-electron chi connectivity index (χ0n) is 13.9. The van der Waals surface area contributed by atoms with E-state index in [0.29, 0.717) is 33.6 Å². The molecule has 1 aliphatic rings. The predicted octanol–water partition coefficient (Wildman–Crippen LogP) is 4.55. The summed E-state index contributed by atoms with van der Waals surface area (Å²) in [5, 5.41) is 4.18. The number of hydrogen-bond acceptors (Lipinski definition) is 4. The van der Waals surface area contributed by atoms with Gasteiger partial charge in [-0.25, -0.2) is 0 Å². The van der Waals surface area contributed by atoms with Gasteiger partial charge >= 0.3 is 0 Å². The van der Waals surface area contributed by atoms with Crippen molar-refractivity contribution in [1.29, 1.82) is 0 Å². The van der Waals surface area contributed by atoms with E-state index in [4.69, 9.17) is 16.3 Å². The van der Waals surface area contributed by atoms with E-state index in [-0.39, 0.29) is 18.4 Å². The highest BCUT2D eigenvalue weighted by molar-refractivity contribution is 7.21. The van der Waals surface area contributed by atoms with Gasteiger partial charge in [-0.1, -0.05) is 29.8 Å². The molecule has 2 heterocycles. The molecule has 0 radical (unpaired) electrons. The van der Waals surface area contributed by atoms with E-state index in [0.717, 1.165) is 10.1 Å². The van der Waals surface area contributed by atoms with Crippen LogP contribution in [0.4, 0.5) is 11.4 Å². The highest BCUT2D eigenvalue weighted by atomic mass is 35.5. The summed E-state index contributed by atoms with van der Waals surface area (Å²) in [7, 11) is 0. The number of likely N-dealkylation sites (N-methyl/N-ethyl adjacent to an activating group) is 1. The van der Waals surface area contributed by atoms with Crippen LogP contribution in [-0.4, -0.2) is 25.0 Å². The minimum absolute atomic E-state index is 0.0317. The van der Waals surface area contributed by atoms with Crippen molar-refractivity contribution in [1.82, 2.24) is 0 Å². The summed E-state index contributed by atoms with van der Waals surface area (Å²) in [5.41, 5.74) is 1.24. The number of carbonyl (C=O) groups excluding carboxylic acids is 2. The molecule has 7 heteroatoms. The molecule has 0 bridgehead atoms. The molecule has 0 spiro atoms. The fraction of sp³-hybridized carbons (Fsp3) is 0.158. The maximum Gasteiger partial charge on any atom is 0.267 e. The van der Waals surface area contributed by atoms with E-state index in [9.17, 15) is 9.59 Å². The van der Waals surface area contributed by atoms with Gasteiger partial charge < -0.3 is 15.0 Å². The number of fused-ring (bicyclic) bond motifs is 2. The summed E-state index contributed by atoms with van der Waals surface area (Å²) in [4.78, 5) is 26.8. The Kier molecular flexibility index (Phi) is 4.30. The second-order valence-corrected chi connectivity index (χ2v) is 7.23. The van der Waals surface area contributed by atoms with Gasteiger partial charge in [-0.3, -0.25) is 9.59 Å². The number of amides is 2. The van der Waals surface area contributed by atoms with Crippen molar-refractivity contribution in [3.05, 3.63) is 52.4 Å². The van der Waals surface area contributed by atoms with E-state index < -0.39 is 0 Å². The number of thiophene rings is 1. The number of benzene rings is 2. The monoisotopic (exact) mass is 386 g/mol. The molecule has 0 unspecified atom stereocenters. The Hall–Kier alpha value is -2.57. The van der Waals surface area contributed by atoms with Gasteiger partial charge in [-0.2, -0.15) is 0 Å². The second kappa shape index (κ2) is 6.63. The Morgan fingerprint density at radius 1 is 1.31 bits per heavy atom. The molecule has 1 N–H and O–H groups in total. The van der Waals surface area contributed by atoms with E-state index >= 15 is 0 Å². The Morgan fingerprint density at radius 3 is 2.88 bits per heavy atom. The van der Waals surface area contributed by atoms with E-state index in [1.807, 2.05) is 31.2 Å². The number of ether oxygens (including phenoxy) is 1. The third-order valence-electron chi connectivity index (χ3n) is 4.22. The van der Waals surface area contributed by atoms with Crippen LogP contribution >= 0.6 is 22.9 Å². The molecule has 2 aromatic carbocycles. The van der Waals surface area contributed by atoms with Crippen molar-refractivity contribution in [2.75, 3.05) is 23.4 Å². The molecule has 5 nitrogen and oxygen atoms in total. The fourth-order valence-electron chi connectivity index (χ4n) is 2.97. The lowest BCUT2D eigenvalue weighted by atomic mass is 10.2. The molecular weight excluding hydrogens is 372 g/mol. The lowest BCUT2D eigenvalue weighted by Crippen LogP contribution is -2.38. The molecular formula is C19H15ClN2O3S. The lowest BCUT2D eigenvalue weighted by molar-refractivity contribution is -0.121.